The zero-order valence-corrected chi connectivity index (χ0v) is 76.5. The van der Waals surface area contributed by atoms with Crippen LogP contribution in [0.15, 0.2) is 62.2 Å². The fraction of sp³-hybridized carbons (Fsp3) is 0.828. The van der Waals surface area contributed by atoms with E-state index in [1.165, 1.54) is 169 Å². The maximum absolute atomic E-state index is 13.0. The second-order valence-electron chi connectivity index (χ2n) is 31.1. The fourth-order valence-electron chi connectivity index (χ4n) is 15.7. The number of unbranched alkanes of at least 4 members (excludes halogenated alkanes) is 6. The number of aliphatic hydroxyl groups is 1. The van der Waals surface area contributed by atoms with Crippen molar-refractivity contribution in [3.63, 3.8) is 0 Å². The molecule has 0 bridgehead atoms. The van der Waals surface area contributed by atoms with Crippen LogP contribution in [0.2, 0.25) is 0 Å². The molecule has 4 aromatic rings. The van der Waals surface area contributed by atoms with Crippen molar-refractivity contribution in [1.82, 2.24) is 33.8 Å². The van der Waals surface area contributed by atoms with Crippen molar-refractivity contribution >= 4 is 39.4 Å². The van der Waals surface area contributed by atoms with Gasteiger partial charge in [0.2, 0.25) is 24.5 Å². The molecule has 21 nitrogen and oxygen atoms in total. The van der Waals surface area contributed by atoms with Crippen molar-refractivity contribution in [3.8, 4) is 0 Å². The number of amides is 2. The number of nitrogens with one attached hydrogen (secondary N) is 2. The van der Waals surface area contributed by atoms with E-state index in [9.17, 15) is 14.4 Å². The summed E-state index contributed by atoms with van der Waals surface area (Å²) in [6.45, 7) is 42.9. The third-order valence-corrected chi connectivity index (χ3v) is 38.0. The number of hydrogen-bond donors (Lipinski definition) is 3. The average Bonchev–Trinajstić information content (AvgIpc) is 1.52. The third-order valence-electron chi connectivity index (χ3n) is 21.6. The lowest BCUT2D eigenvalue weighted by molar-refractivity contribution is -0.729. The number of ketones is 1. The topological polar surface area (TPSA) is 189 Å². The summed E-state index contributed by atoms with van der Waals surface area (Å²) < 4.78 is 49.7. The average molecular weight is 1620 g/mol. The van der Waals surface area contributed by atoms with Gasteiger partial charge >= 0.3 is 0 Å². The van der Waals surface area contributed by atoms with Crippen LogP contribution in [-0.2, 0) is 96.4 Å². The number of aliphatic hydroxyl groups excluding tert-OH is 1. The Kier molecular flexibility index (Phi) is 62.9. The van der Waals surface area contributed by atoms with Gasteiger partial charge in [-0.05, 0) is 135 Å². The SMILES string of the molecule is CCC[P+](CCC)(CCC)CCCCCC(=O)CCCN(CCNC(=O)CCCCC[P+](CCC)(CCC)CCC)CCNC(=O)CCCCC[P+](CCC)(CCC)CCC.CCn1cc[n+](CCOCCOCCOCCn2cc[n+](CO)c2)c1.Cc1n(CCOCCOCCOCCn2cc[n+](C)c2C)cc[n+]1C. The Morgan fingerprint density at radius 3 is 1.08 bits per heavy atom. The molecule has 0 aliphatic rings. The van der Waals surface area contributed by atoms with E-state index in [1.54, 1.807) is 4.57 Å². The molecule has 0 fully saturated rings. The molecule has 111 heavy (non-hydrogen) atoms. The molecule has 4 heterocycles. The summed E-state index contributed by atoms with van der Waals surface area (Å²) in [6.07, 6.45) is 62.9. The fourth-order valence-corrected chi connectivity index (χ4v) is 31.0. The van der Waals surface area contributed by atoms with Crippen molar-refractivity contribution < 1.29 is 66.2 Å². The highest BCUT2D eigenvalue weighted by Crippen LogP contribution is 2.62. The molecule has 2 amide bonds. The molecule has 0 unspecified atom stereocenters. The van der Waals surface area contributed by atoms with Crippen LogP contribution >= 0.6 is 21.8 Å². The van der Waals surface area contributed by atoms with Gasteiger partial charge < -0.3 is 44.2 Å². The molecule has 642 valence electrons. The van der Waals surface area contributed by atoms with Crippen molar-refractivity contribution in [2.45, 2.75) is 270 Å². The number of carbonyl (C=O) groups excluding carboxylic acids is 3. The summed E-state index contributed by atoms with van der Waals surface area (Å²) in [5.41, 5.74) is 0. The lowest BCUT2D eigenvalue weighted by atomic mass is 10.1. The lowest BCUT2D eigenvalue weighted by Crippen LogP contribution is -2.40. The molecule has 3 N–H and O–H groups in total. The maximum Gasteiger partial charge on any atom is 0.253 e. The molecule has 0 aromatic carbocycles. The van der Waals surface area contributed by atoms with Crippen molar-refractivity contribution in [3.05, 3.63) is 73.9 Å². The van der Waals surface area contributed by atoms with Crippen LogP contribution < -0.4 is 28.9 Å². The van der Waals surface area contributed by atoms with Gasteiger partial charge in [-0.15, -0.1) is 0 Å². The zero-order valence-electron chi connectivity index (χ0n) is 73.8. The van der Waals surface area contributed by atoms with Gasteiger partial charge in [-0.1, -0.05) is 62.3 Å². The summed E-state index contributed by atoms with van der Waals surface area (Å²) in [5.74, 6) is 3.17. The van der Waals surface area contributed by atoms with Gasteiger partial charge in [0.1, 0.15) is 81.5 Å². The van der Waals surface area contributed by atoms with Crippen molar-refractivity contribution in [2.75, 3.05) is 186 Å². The number of carbonyl (C=O) groups is 3. The standard InChI is InChI=1S/C52H107N3O3P3.C18H32N4O3.C17H30N4O4/c1-10-38-59(39-11-2,40-12-3)47-25-19-22-29-50(56)30-28-35-55(36-33-53-51(57)31-23-20-26-48-60(41-13-4,42-14-5)43-15-6)37-34-54-52(58)32-24-21-27-49-61(44-16-7,45-17-8)46-18-9;1-17-19(3)5-7-21(17)9-11-23-13-15-25-16-14-24-12-10-22-8-6-20(4)18(22)2;1-2-18-3-4-19(15-18)7-9-23-11-13-25-14-12-24-10-8-20-5-6-21(16-20)17-22/h10-49H2,1-9H3;5-8H,9-16H2,1-4H3;3-6,15-16,22H,2,7-14,17H2,1H3/q+1;2*+2/p+2. The van der Waals surface area contributed by atoms with E-state index in [2.05, 4.69) is 170 Å². The number of nitrogens with zero attached hydrogens (tertiary/aromatic N) is 9. The van der Waals surface area contributed by atoms with Crippen LogP contribution in [0.3, 0.4) is 0 Å². The highest BCUT2D eigenvalue weighted by atomic mass is 31.2. The quantitative estimate of drug-likeness (QED) is 0.0217. The normalized spacial score (nSPS) is 11.9. The summed E-state index contributed by atoms with van der Waals surface area (Å²) in [7, 11) is 1.65. The molecule has 4 rings (SSSR count). The minimum absolute atomic E-state index is 0.00601. The monoisotopic (exact) mass is 1620 g/mol. The Morgan fingerprint density at radius 1 is 0.387 bits per heavy atom. The molecule has 0 saturated carbocycles. The Bertz CT molecular complexity index is 2590. The number of rotatable bonds is 72. The number of aryl methyl sites for hydroxylation is 3. The number of ether oxygens (including phenoxy) is 6. The summed E-state index contributed by atoms with van der Waals surface area (Å²) >= 11 is 0. The smallest absolute Gasteiger partial charge is 0.253 e. The molecule has 0 aliphatic carbocycles. The van der Waals surface area contributed by atoms with Gasteiger partial charge in [0.05, 0.1) is 174 Å². The summed E-state index contributed by atoms with van der Waals surface area (Å²) in [4.78, 5) is 41.1. The molecule has 0 spiro atoms. The first-order valence-corrected chi connectivity index (χ1v) is 52.0. The first kappa shape index (κ1) is 103. The van der Waals surface area contributed by atoms with Gasteiger partial charge in [-0.3, -0.25) is 19.3 Å². The molecular weight excluding hydrogens is 1450 g/mol. The Labute approximate surface area is 679 Å². The second-order valence-corrected chi connectivity index (χ2v) is 44.5. The van der Waals surface area contributed by atoms with Gasteiger partial charge in [0, 0.05) is 87.5 Å². The minimum atomic E-state index is -0.815. The van der Waals surface area contributed by atoms with Crippen molar-refractivity contribution in [2.24, 2.45) is 14.1 Å². The zero-order chi connectivity index (χ0) is 81.3. The van der Waals surface area contributed by atoms with E-state index < -0.39 is 21.8 Å². The number of aromatic nitrogens is 8. The number of Topliss-reactive ketones (excluding diaryl/α,β-unsaturated/α-hetero) is 1. The summed E-state index contributed by atoms with van der Waals surface area (Å²) in [6, 6.07) is 0. The van der Waals surface area contributed by atoms with Crippen LogP contribution in [0.1, 0.15) is 229 Å². The molecule has 0 saturated heterocycles. The Hall–Kier alpha value is -3.58. The largest absolute Gasteiger partial charge is 0.377 e. The van der Waals surface area contributed by atoms with Gasteiger partial charge in [0.25, 0.3) is 11.6 Å². The molecular formula is C87H171N11O10P3+7. The van der Waals surface area contributed by atoms with E-state index in [1.807, 2.05) is 37.4 Å². The number of hydrogen-bond acceptors (Lipinski definition) is 11. The number of imidazole rings is 4. The maximum atomic E-state index is 13.0. The first-order valence-electron chi connectivity index (χ1n) is 44.4. The molecule has 0 aliphatic heterocycles. The Balaban J connectivity index is 0.000000674. The van der Waals surface area contributed by atoms with Crippen LogP contribution in [0.25, 0.3) is 0 Å². The first-order chi connectivity index (χ1) is 53.9. The summed E-state index contributed by atoms with van der Waals surface area (Å²) in [5, 5.41) is 15.4. The van der Waals surface area contributed by atoms with E-state index in [0.29, 0.717) is 124 Å². The molecule has 4 aromatic heterocycles. The predicted octanol–water partition coefficient (Wildman–Crippen LogP) is 14.2. The van der Waals surface area contributed by atoms with Gasteiger partial charge in [-0.25, -0.2) is 36.5 Å². The van der Waals surface area contributed by atoms with Crippen molar-refractivity contribution in [1.29, 1.82) is 0 Å². The van der Waals surface area contributed by atoms with E-state index in [0.717, 1.165) is 90.9 Å². The van der Waals surface area contributed by atoms with Crippen LogP contribution in [0.4, 0.5) is 0 Å². The molecule has 24 heteroatoms. The van der Waals surface area contributed by atoms with E-state index in [4.69, 9.17) is 33.5 Å². The van der Waals surface area contributed by atoms with Crippen LogP contribution in [0.5, 0.6) is 0 Å². The highest BCUT2D eigenvalue weighted by Gasteiger charge is 2.36. The molecule has 0 atom stereocenters. The second kappa shape index (κ2) is 67.4. The highest BCUT2D eigenvalue weighted by molar-refractivity contribution is 7.76. The minimum Gasteiger partial charge on any atom is -0.377 e. The Morgan fingerprint density at radius 2 is 0.730 bits per heavy atom. The van der Waals surface area contributed by atoms with E-state index in [-0.39, 0.29) is 18.5 Å². The lowest BCUT2D eigenvalue weighted by Gasteiger charge is -2.27. The van der Waals surface area contributed by atoms with Gasteiger partial charge in [-0.2, -0.15) is 0 Å². The van der Waals surface area contributed by atoms with E-state index >= 15 is 0 Å². The van der Waals surface area contributed by atoms with Gasteiger partial charge in [0.15, 0.2) is 6.73 Å². The predicted molar refractivity (Wildman–Crippen MR) is 467 cm³/mol. The third kappa shape index (κ3) is 49.3. The van der Waals surface area contributed by atoms with Crippen LogP contribution in [-0.4, -0.2) is 232 Å². The molecule has 0 radical (unpaired) electrons. The van der Waals surface area contributed by atoms with Crippen LogP contribution in [0, 0.1) is 13.8 Å².